The van der Waals surface area contributed by atoms with Crippen molar-refractivity contribution in [3.05, 3.63) is 108 Å². The topological polar surface area (TPSA) is 84.3 Å². The van der Waals surface area contributed by atoms with Crippen molar-refractivity contribution in [2.75, 3.05) is 10.8 Å². The van der Waals surface area contributed by atoms with Gasteiger partial charge in [0, 0.05) is 24.6 Å². The lowest BCUT2D eigenvalue weighted by Crippen LogP contribution is -2.40. The highest BCUT2D eigenvalue weighted by molar-refractivity contribution is 7.92. The van der Waals surface area contributed by atoms with Gasteiger partial charge in [-0.05, 0) is 48.9 Å². The number of imidazole rings is 1. The Morgan fingerprint density at radius 1 is 1.03 bits per heavy atom. The average molecular weight is 495 g/mol. The number of rotatable bonds is 8. The third kappa shape index (κ3) is 5.30. The number of amides is 1. The van der Waals surface area contributed by atoms with Crippen LogP contribution in [0.2, 0.25) is 5.02 Å². The molecule has 0 saturated carbocycles. The first-order chi connectivity index (χ1) is 16.3. The molecule has 1 heterocycles. The Hall–Kier alpha value is -3.62. The molecule has 1 amide bonds. The standard InChI is InChI=1S/C25H23ClN4O3S/c1-19-6-12-22(13-7-19)34(32,33)30(24-5-3-2-4-23(24)26)17-25(31)28-16-20-8-10-21(11-9-20)29-15-14-27-18-29/h2-15,18H,16-17H2,1H3,(H,28,31). The highest BCUT2D eigenvalue weighted by Crippen LogP contribution is 2.30. The van der Waals surface area contributed by atoms with E-state index in [9.17, 15) is 13.2 Å². The summed E-state index contributed by atoms with van der Waals surface area (Å²) in [6, 6.07) is 20.6. The summed E-state index contributed by atoms with van der Waals surface area (Å²) in [4.78, 5) is 16.9. The number of carbonyl (C=O) groups is 1. The van der Waals surface area contributed by atoms with Gasteiger partial charge < -0.3 is 9.88 Å². The number of nitrogens with one attached hydrogen (secondary N) is 1. The van der Waals surface area contributed by atoms with Crippen LogP contribution in [0.25, 0.3) is 5.69 Å². The van der Waals surface area contributed by atoms with Crippen LogP contribution < -0.4 is 9.62 Å². The molecule has 0 aliphatic carbocycles. The summed E-state index contributed by atoms with van der Waals surface area (Å²) >= 11 is 6.31. The average Bonchev–Trinajstić information content (AvgIpc) is 3.37. The number of aromatic nitrogens is 2. The zero-order valence-electron chi connectivity index (χ0n) is 18.4. The smallest absolute Gasteiger partial charge is 0.264 e. The molecule has 0 radical (unpaired) electrons. The molecule has 9 heteroatoms. The predicted octanol–water partition coefficient (Wildman–Crippen LogP) is 4.35. The van der Waals surface area contributed by atoms with Gasteiger partial charge in [0.15, 0.2) is 0 Å². The van der Waals surface area contributed by atoms with Crippen molar-refractivity contribution >= 4 is 33.2 Å². The number of hydrogen-bond acceptors (Lipinski definition) is 4. The van der Waals surface area contributed by atoms with Crippen LogP contribution in [0.3, 0.4) is 0 Å². The van der Waals surface area contributed by atoms with Gasteiger partial charge >= 0.3 is 0 Å². The summed E-state index contributed by atoms with van der Waals surface area (Å²) in [6.07, 6.45) is 5.24. The van der Waals surface area contributed by atoms with Gasteiger partial charge in [-0.3, -0.25) is 9.10 Å². The van der Waals surface area contributed by atoms with E-state index >= 15 is 0 Å². The molecule has 0 unspecified atom stereocenters. The van der Waals surface area contributed by atoms with Gasteiger partial charge in [0.25, 0.3) is 10.0 Å². The Balaban J connectivity index is 1.51. The quantitative estimate of drug-likeness (QED) is 0.395. The first kappa shape index (κ1) is 23.5. The van der Waals surface area contributed by atoms with E-state index in [-0.39, 0.29) is 22.2 Å². The lowest BCUT2D eigenvalue weighted by atomic mass is 10.2. The van der Waals surface area contributed by atoms with Gasteiger partial charge in [0.1, 0.15) is 6.54 Å². The number of sulfonamides is 1. The van der Waals surface area contributed by atoms with Crippen molar-refractivity contribution in [2.45, 2.75) is 18.4 Å². The molecule has 174 valence electrons. The number of hydrogen-bond donors (Lipinski definition) is 1. The van der Waals surface area contributed by atoms with Crippen LogP contribution in [0.4, 0.5) is 5.69 Å². The molecule has 0 aliphatic rings. The molecular formula is C25H23ClN4O3S. The molecule has 4 aromatic rings. The molecule has 1 aromatic heterocycles. The van der Waals surface area contributed by atoms with E-state index < -0.39 is 22.5 Å². The number of aryl methyl sites for hydroxylation is 1. The van der Waals surface area contributed by atoms with Crippen LogP contribution >= 0.6 is 11.6 Å². The number of nitrogens with zero attached hydrogens (tertiary/aromatic N) is 3. The minimum Gasteiger partial charge on any atom is -0.350 e. The molecule has 0 atom stereocenters. The summed E-state index contributed by atoms with van der Waals surface area (Å²) < 4.78 is 29.8. The number of carbonyl (C=O) groups excluding carboxylic acids is 1. The largest absolute Gasteiger partial charge is 0.350 e. The second-order valence-electron chi connectivity index (χ2n) is 7.69. The molecule has 1 N–H and O–H groups in total. The Morgan fingerprint density at radius 3 is 2.38 bits per heavy atom. The first-order valence-corrected chi connectivity index (χ1v) is 12.3. The van der Waals surface area contributed by atoms with Gasteiger partial charge in [-0.25, -0.2) is 13.4 Å². The lowest BCUT2D eigenvalue weighted by Gasteiger charge is -2.25. The molecule has 0 saturated heterocycles. The molecule has 0 aliphatic heterocycles. The molecule has 4 rings (SSSR count). The number of anilines is 1. The Bertz CT molecular complexity index is 1370. The Morgan fingerprint density at radius 2 is 1.74 bits per heavy atom. The zero-order chi connectivity index (χ0) is 24.1. The minimum atomic E-state index is -4.02. The molecule has 0 fully saturated rings. The second kappa shape index (κ2) is 10.1. The monoisotopic (exact) mass is 494 g/mol. The van der Waals surface area contributed by atoms with E-state index in [4.69, 9.17) is 11.6 Å². The summed E-state index contributed by atoms with van der Waals surface area (Å²) in [7, 11) is -4.02. The van der Waals surface area contributed by atoms with Crippen LogP contribution in [-0.2, 0) is 21.4 Å². The van der Waals surface area contributed by atoms with Crippen molar-refractivity contribution < 1.29 is 13.2 Å². The minimum absolute atomic E-state index is 0.0842. The van der Waals surface area contributed by atoms with Gasteiger partial charge in [-0.1, -0.05) is 53.6 Å². The molecular weight excluding hydrogens is 472 g/mol. The molecule has 0 bridgehead atoms. The zero-order valence-corrected chi connectivity index (χ0v) is 20.0. The Labute approximate surface area is 203 Å². The summed E-state index contributed by atoms with van der Waals surface area (Å²) in [5.41, 5.74) is 2.99. The first-order valence-electron chi connectivity index (χ1n) is 10.5. The van der Waals surface area contributed by atoms with Gasteiger partial charge in [-0.2, -0.15) is 0 Å². The normalized spacial score (nSPS) is 11.2. The second-order valence-corrected chi connectivity index (χ2v) is 9.96. The van der Waals surface area contributed by atoms with E-state index in [1.165, 1.54) is 12.1 Å². The summed E-state index contributed by atoms with van der Waals surface area (Å²) in [6.45, 7) is 1.72. The van der Waals surface area contributed by atoms with Crippen LogP contribution in [0.5, 0.6) is 0 Å². The molecule has 7 nitrogen and oxygen atoms in total. The fraction of sp³-hybridized carbons (Fsp3) is 0.120. The molecule has 34 heavy (non-hydrogen) atoms. The fourth-order valence-corrected chi connectivity index (χ4v) is 5.10. The van der Waals surface area contributed by atoms with E-state index in [1.807, 2.05) is 42.0 Å². The van der Waals surface area contributed by atoms with E-state index in [0.717, 1.165) is 21.1 Å². The van der Waals surface area contributed by atoms with Crippen molar-refractivity contribution in [2.24, 2.45) is 0 Å². The van der Waals surface area contributed by atoms with E-state index in [2.05, 4.69) is 10.3 Å². The van der Waals surface area contributed by atoms with Crippen molar-refractivity contribution in [3.63, 3.8) is 0 Å². The van der Waals surface area contributed by atoms with Crippen LogP contribution in [0.1, 0.15) is 11.1 Å². The van der Waals surface area contributed by atoms with E-state index in [1.54, 1.807) is 48.9 Å². The number of para-hydroxylation sites is 1. The third-order valence-corrected chi connectivity index (χ3v) is 7.34. The highest BCUT2D eigenvalue weighted by Gasteiger charge is 2.28. The van der Waals surface area contributed by atoms with Crippen LogP contribution in [0.15, 0.2) is 96.4 Å². The van der Waals surface area contributed by atoms with E-state index in [0.29, 0.717) is 0 Å². The van der Waals surface area contributed by atoms with Crippen molar-refractivity contribution in [1.82, 2.24) is 14.9 Å². The Kier molecular flexibility index (Phi) is 7.00. The van der Waals surface area contributed by atoms with Crippen molar-refractivity contribution in [1.29, 1.82) is 0 Å². The highest BCUT2D eigenvalue weighted by atomic mass is 35.5. The number of benzene rings is 3. The SMILES string of the molecule is Cc1ccc(S(=O)(=O)N(CC(=O)NCc2ccc(-n3ccnc3)cc2)c2ccccc2Cl)cc1. The van der Waals surface area contributed by atoms with Crippen LogP contribution in [-0.4, -0.2) is 30.4 Å². The maximum atomic E-state index is 13.4. The van der Waals surface area contributed by atoms with Gasteiger partial charge in [0.2, 0.25) is 5.91 Å². The van der Waals surface area contributed by atoms with Crippen molar-refractivity contribution in [3.8, 4) is 5.69 Å². The fourth-order valence-electron chi connectivity index (χ4n) is 3.38. The van der Waals surface area contributed by atoms with Crippen LogP contribution in [0, 0.1) is 6.92 Å². The predicted molar refractivity (Wildman–Crippen MR) is 133 cm³/mol. The third-order valence-electron chi connectivity index (χ3n) is 5.25. The number of halogens is 1. The maximum absolute atomic E-state index is 13.4. The summed E-state index contributed by atoms with van der Waals surface area (Å²) in [5, 5.41) is 3.04. The maximum Gasteiger partial charge on any atom is 0.264 e. The van der Waals surface area contributed by atoms with Gasteiger partial charge in [0.05, 0.1) is 21.9 Å². The van der Waals surface area contributed by atoms with Gasteiger partial charge in [-0.15, -0.1) is 0 Å². The molecule has 3 aromatic carbocycles. The molecule has 0 spiro atoms. The summed E-state index contributed by atoms with van der Waals surface area (Å²) in [5.74, 6) is -0.450. The lowest BCUT2D eigenvalue weighted by molar-refractivity contribution is -0.119.